The molecule has 1 fully saturated rings. The molecular formula is C10H15ClN2O3. The molecule has 0 aliphatic carbocycles. The number of ether oxygens (including phenoxy) is 1. The van der Waals surface area contributed by atoms with Crippen molar-refractivity contribution in [1.29, 1.82) is 0 Å². The van der Waals surface area contributed by atoms with E-state index in [-0.39, 0.29) is 24.4 Å². The number of amides is 1. The first kappa shape index (κ1) is 13.0. The van der Waals surface area contributed by atoms with Crippen molar-refractivity contribution in [3.63, 3.8) is 0 Å². The molecule has 16 heavy (non-hydrogen) atoms. The smallest absolute Gasteiger partial charge is 0.289 e. The Balaban J connectivity index is 0.00000128. The summed E-state index contributed by atoms with van der Waals surface area (Å²) < 4.78 is 10.4. The highest BCUT2D eigenvalue weighted by Crippen LogP contribution is 2.10. The molecule has 1 aliphatic heterocycles. The summed E-state index contributed by atoms with van der Waals surface area (Å²) >= 11 is 0. The number of rotatable bonds is 2. The summed E-state index contributed by atoms with van der Waals surface area (Å²) in [4.78, 5) is 13.6. The van der Waals surface area contributed by atoms with Gasteiger partial charge >= 0.3 is 0 Å². The lowest BCUT2D eigenvalue weighted by Gasteiger charge is -2.31. The largest absolute Gasteiger partial charge is 0.459 e. The number of furan rings is 1. The minimum absolute atomic E-state index is 0. The third-order valence-electron chi connectivity index (χ3n) is 2.42. The number of hydrogen-bond donors (Lipinski definition) is 1. The molecule has 0 spiro atoms. The molecule has 0 saturated carbocycles. The molecule has 1 amide bonds. The molecule has 1 aromatic rings. The van der Waals surface area contributed by atoms with E-state index in [1.807, 2.05) is 0 Å². The summed E-state index contributed by atoms with van der Waals surface area (Å²) in [6, 6.07) is 3.36. The van der Waals surface area contributed by atoms with Gasteiger partial charge in [0.1, 0.15) is 0 Å². The van der Waals surface area contributed by atoms with Crippen molar-refractivity contribution in [2.24, 2.45) is 5.73 Å². The van der Waals surface area contributed by atoms with E-state index in [0.29, 0.717) is 32.0 Å². The molecule has 1 atom stereocenters. The van der Waals surface area contributed by atoms with Gasteiger partial charge in [-0.2, -0.15) is 0 Å². The molecule has 2 heterocycles. The molecule has 1 aliphatic rings. The Bertz CT molecular complexity index is 329. The van der Waals surface area contributed by atoms with Crippen LogP contribution in [0.5, 0.6) is 0 Å². The predicted molar refractivity (Wildman–Crippen MR) is 60.7 cm³/mol. The first-order valence-corrected chi connectivity index (χ1v) is 4.95. The van der Waals surface area contributed by atoms with Gasteiger partial charge in [-0.15, -0.1) is 12.4 Å². The van der Waals surface area contributed by atoms with Gasteiger partial charge in [0.2, 0.25) is 0 Å². The Morgan fingerprint density at radius 2 is 2.44 bits per heavy atom. The van der Waals surface area contributed by atoms with Gasteiger partial charge in [0, 0.05) is 19.6 Å². The number of hydrogen-bond acceptors (Lipinski definition) is 4. The van der Waals surface area contributed by atoms with Crippen LogP contribution in [0.4, 0.5) is 0 Å². The number of nitrogens with two attached hydrogens (primary N) is 1. The standard InChI is InChI=1S/C10H14N2O3.ClH/c11-6-8-7-12(3-5-14-8)10(13)9-2-1-4-15-9;/h1-2,4,8H,3,5-7,11H2;1H. The van der Waals surface area contributed by atoms with E-state index in [0.717, 1.165) is 0 Å². The summed E-state index contributed by atoms with van der Waals surface area (Å²) in [6.07, 6.45) is 1.44. The highest BCUT2D eigenvalue weighted by molar-refractivity contribution is 5.91. The van der Waals surface area contributed by atoms with Gasteiger partial charge in [0.05, 0.1) is 19.0 Å². The molecule has 5 nitrogen and oxygen atoms in total. The SMILES string of the molecule is Cl.NCC1CN(C(=O)c2ccco2)CCO1. The average molecular weight is 247 g/mol. The Morgan fingerprint density at radius 3 is 3.06 bits per heavy atom. The first-order chi connectivity index (χ1) is 7.31. The molecule has 1 unspecified atom stereocenters. The van der Waals surface area contributed by atoms with Crippen molar-refractivity contribution < 1.29 is 13.9 Å². The van der Waals surface area contributed by atoms with Crippen LogP contribution in [0.1, 0.15) is 10.6 Å². The number of morpholine rings is 1. The van der Waals surface area contributed by atoms with E-state index in [2.05, 4.69) is 0 Å². The van der Waals surface area contributed by atoms with Crippen LogP contribution in [0.3, 0.4) is 0 Å². The van der Waals surface area contributed by atoms with E-state index in [9.17, 15) is 4.79 Å². The van der Waals surface area contributed by atoms with Gasteiger partial charge < -0.3 is 19.8 Å². The zero-order valence-electron chi connectivity index (χ0n) is 8.80. The van der Waals surface area contributed by atoms with Crippen LogP contribution in [0.15, 0.2) is 22.8 Å². The lowest BCUT2D eigenvalue weighted by molar-refractivity contribution is -0.0177. The third-order valence-corrected chi connectivity index (χ3v) is 2.42. The summed E-state index contributed by atoms with van der Waals surface area (Å²) in [7, 11) is 0. The Morgan fingerprint density at radius 1 is 1.62 bits per heavy atom. The quantitative estimate of drug-likeness (QED) is 0.825. The van der Waals surface area contributed by atoms with Crippen LogP contribution >= 0.6 is 12.4 Å². The average Bonchev–Trinajstić information content (AvgIpc) is 2.81. The monoisotopic (exact) mass is 246 g/mol. The van der Waals surface area contributed by atoms with E-state index in [1.54, 1.807) is 17.0 Å². The Labute approximate surface area is 99.9 Å². The second kappa shape index (κ2) is 5.89. The highest BCUT2D eigenvalue weighted by atomic mass is 35.5. The number of carbonyl (C=O) groups is 1. The molecular weight excluding hydrogens is 232 g/mol. The van der Waals surface area contributed by atoms with Gasteiger partial charge in [0.25, 0.3) is 5.91 Å². The van der Waals surface area contributed by atoms with Crippen molar-refractivity contribution >= 4 is 18.3 Å². The van der Waals surface area contributed by atoms with Crippen molar-refractivity contribution in [2.75, 3.05) is 26.2 Å². The second-order valence-corrected chi connectivity index (χ2v) is 3.46. The zero-order valence-corrected chi connectivity index (χ0v) is 9.61. The molecule has 2 rings (SSSR count). The normalized spacial score (nSPS) is 20.3. The number of nitrogens with zero attached hydrogens (tertiary/aromatic N) is 1. The third kappa shape index (κ3) is 2.75. The maximum absolute atomic E-state index is 11.9. The van der Waals surface area contributed by atoms with Crippen LogP contribution in [0.2, 0.25) is 0 Å². The molecule has 0 bridgehead atoms. The van der Waals surface area contributed by atoms with Crippen molar-refractivity contribution in [2.45, 2.75) is 6.10 Å². The van der Waals surface area contributed by atoms with Crippen molar-refractivity contribution in [3.8, 4) is 0 Å². The fourth-order valence-corrected chi connectivity index (χ4v) is 1.60. The summed E-state index contributed by atoms with van der Waals surface area (Å²) in [5.74, 6) is 0.273. The molecule has 6 heteroatoms. The lowest BCUT2D eigenvalue weighted by Crippen LogP contribution is -2.48. The first-order valence-electron chi connectivity index (χ1n) is 4.95. The fraction of sp³-hybridized carbons (Fsp3) is 0.500. The maximum Gasteiger partial charge on any atom is 0.289 e. The second-order valence-electron chi connectivity index (χ2n) is 3.46. The van der Waals surface area contributed by atoms with Crippen LogP contribution in [-0.4, -0.2) is 43.2 Å². The number of carbonyl (C=O) groups excluding carboxylic acids is 1. The van der Waals surface area contributed by atoms with E-state index in [4.69, 9.17) is 14.9 Å². The minimum atomic E-state index is -0.0956. The van der Waals surface area contributed by atoms with E-state index >= 15 is 0 Å². The molecule has 0 radical (unpaired) electrons. The van der Waals surface area contributed by atoms with Crippen molar-refractivity contribution in [3.05, 3.63) is 24.2 Å². The number of halogens is 1. The van der Waals surface area contributed by atoms with Crippen molar-refractivity contribution in [1.82, 2.24) is 4.90 Å². The van der Waals surface area contributed by atoms with Gasteiger partial charge in [-0.3, -0.25) is 4.79 Å². The molecule has 90 valence electrons. The molecule has 1 saturated heterocycles. The predicted octanol–water partition coefficient (Wildman–Crippen LogP) is 0.501. The molecule has 2 N–H and O–H groups in total. The Kier molecular flexibility index (Phi) is 4.79. The van der Waals surface area contributed by atoms with E-state index in [1.165, 1.54) is 6.26 Å². The lowest BCUT2D eigenvalue weighted by atomic mass is 10.2. The van der Waals surface area contributed by atoms with Crippen LogP contribution in [0, 0.1) is 0 Å². The summed E-state index contributed by atoms with van der Waals surface area (Å²) in [6.45, 7) is 2.10. The van der Waals surface area contributed by atoms with Gasteiger partial charge in [-0.1, -0.05) is 0 Å². The van der Waals surface area contributed by atoms with Crippen LogP contribution in [0.25, 0.3) is 0 Å². The van der Waals surface area contributed by atoms with Gasteiger partial charge in [-0.25, -0.2) is 0 Å². The Hall–Kier alpha value is -1.04. The van der Waals surface area contributed by atoms with Crippen LogP contribution in [-0.2, 0) is 4.74 Å². The van der Waals surface area contributed by atoms with Gasteiger partial charge in [-0.05, 0) is 12.1 Å². The van der Waals surface area contributed by atoms with E-state index < -0.39 is 0 Å². The summed E-state index contributed by atoms with van der Waals surface area (Å²) in [5, 5.41) is 0. The topological polar surface area (TPSA) is 68.7 Å². The summed E-state index contributed by atoms with van der Waals surface area (Å²) in [5.41, 5.74) is 5.50. The van der Waals surface area contributed by atoms with Gasteiger partial charge in [0.15, 0.2) is 5.76 Å². The minimum Gasteiger partial charge on any atom is -0.459 e. The zero-order chi connectivity index (χ0) is 10.7. The fourth-order valence-electron chi connectivity index (χ4n) is 1.60. The molecule has 0 aromatic carbocycles. The molecule has 1 aromatic heterocycles. The van der Waals surface area contributed by atoms with Crippen LogP contribution < -0.4 is 5.73 Å². The maximum atomic E-state index is 11.9. The highest BCUT2D eigenvalue weighted by Gasteiger charge is 2.25.